The number of hydrogen-bond acceptors (Lipinski definition) is 1. The van der Waals surface area contributed by atoms with Gasteiger partial charge in [0.05, 0.1) is 0 Å². The fourth-order valence-corrected chi connectivity index (χ4v) is 0. The molecule has 0 atom stereocenters. The molecule has 0 saturated heterocycles. The summed E-state index contributed by atoms with van der Waals surface area (Å²) in [4.78, 5) is 0. The van der Waals surface area contributed by atoms with Crippen LogP contribution in [0.2, 0.25) is 0 Å². The molecule has 0 N–H and O–H groups in total. The van der Waals surface area contributed by atoms with Crippen LogP contribution in [0.5, 0.6) is 0 Å². The van der Waals surface area contributed by atoms with Gasteiger partial charge in [0.25, 0.3) is 0 Å². The van der Waals surface area contributed by atoms with Crippen molar-refractivity contribution in [3.05, 3.63) is 0 Å². The predicted octanol–water partition coefficient (Wildman–Crippen LogP) is -1.04. The zero-order valence-electron chi connectivity index (χ0n) is 1.22. The van der Waals surface area contributed by atoms with Crippen molar-refractivity contribution >= 4 is 23.1 Å². The topological polar surface area (TPSA) is 17.1 Å². The second-order valence-corrected chi connectivity index (χ2v) is 0. The molecule has 0 unspecified atom stereocenters. The van der Waals surface area contributed by atoms with E-state index in [9.17, 15) is 0 Å². The predicted molar refractivity (Wildman–Crippen MR) is 9.23 cm³/mol. The molecule has 0 radical (unpaired) electrons. The molecular formula is H2MgNiOTi. The van der Waals surface area contributed by atoms with Crippen LogP contribution in [-0.2, 0) is 41.0 Å². The van der Waals surface area contributed by atoms with Gasteiger partial charge in [-0.1, -0.05) is 0 Å². The molecule has 0 heterocycles. The quantitative estimate of drug-likeness (QED) is 0.402. The van der Waals surface area contributed by atoms with E-state index >= 15 is 0 Å². The zero-order chi connectivity index (χ0) is 2.00. The normalized spacial score (nSPS) is 1.50. The van der Waals surface area contributed by atoms with Crippen molar-refractivity contribution in [2.45, 2.75) is 0 Å². The van der Waals surface area contributed by atoms with E-state index in [0.29, 0.717) is 0 Å². The molecule has 0 rings (SSSR count). The second kappa shape index (κ2) is 21.6. The number of rotatable bonds is 0. The fourth-order valence-electron chi connectivity index (χ4n) is 0. The van der Waals surface area contributed by atoms with Gasteiger partial charge in [-0.25, -0.2) is 0 Å². The maximum Gasteiger partial charge on any atom is 0 e. The molecule has 0 aromatic heterocycles. The molecule has 1 nitrogen and oxygen atoms in total. The Labute approximate surface area is 63.5 Å². The van der Waals surface area contributed by atoms with Crippen molar-refractivity contribution in [3.8, 4) is 0 Å². The first kappa shape index (κ1) is 17.1. The molecule has 0 fully saturated rings. The van der Waals surface area contributed by atoms with E-state index in [4.69, 9.17) is 3.90 Å². The molecule has 0 aliphatic rings. The summed E-state index contributed by atoms with van der Waals surface area (Å²) in [5.41, 5.74) is 0. The van der Waals surface area contributed by atoms with Gasteiger partial charge in [0.15, 0.2) is 0 Å². The first-order chi connectivity index (χ1) is 1.00. The molecule has 24 valence electrons. The third-order valence-electron chi connectivity index (χ3n) is 0. The first-order valence-corrected chi connectivity index (χ1v) is 0.532. The Morgan fingerprint density at radius 3 is 1.25 bits per heavy atom. The monoisotopic (exact) mass is 148 g/mol. The summed E-state index contributed by atoms with van der Waals surface area (Å²) in [7, 11) is 0. The van der Waals surface area contributed by atoms with Gasteiger partial charge in [-0.05, 0) is 0 Å². The van der Waals surface area contributed by atoms with Crippen molar-refractivity contribution < 1.29 is 41.0 Å². The van der Waals surface area contributed by atoms with Crippen LogP contribution in [-0.4, -0.2) is 23.1 Å². The van der Waals surface area contributed by atoms with E-state index in [0.717, 1.165) is 0 Å². The SMILES string of the molecule is [MgH2].[O]=[Ni].[Ti]. The van der Waals surface area contributed by atoms with Crippen LogP contribution < -0.4 is 0 Å². The first-order valence-electron chi connectivity index (χ1n) is 0.129. The molecule has 4 heavy (non-hydrogen) atoms. The van der Waals surface area contributed by atoms with E-state index < -0.39 is 0 Å². The summed E-state index contributed by atoms with van der Waals surface area (Å²) in [5, 5.41) is 0. The third kappa shape index (κ3) is 9.23. The molecule has 4 heteroatoms. The van der Waals surface area contributed by atoms with Crippen molar-refractivity contribution in [3.63, 3.8) is 0 Å². The van der Waals surface area contributed by atoms with E-state index in [1.165, 1.54) is 0 Å². The third-order valence-corrected chi connectivity index (χ3v) is 0. The van der Waals surface area contributed by atoms with Crippen LogP contribution in [0, 0.1) is 0 Å². The zero-order valence-corrected chi connectivity index (χ0v) is 3.77. The molecular weight excluding hydrogens is 147 g/mol. The van der Waals surface area contributed by atoms with Gasteiger partial charge in [-0.3, -0.25) is 0 Å². The van der Waals surface area contributed by atoms with Crippen molar-refractivity contribution in [1.29, 1.82) is 0 Å². The fraction of sp³-hybridized carbons (Fsp3) is 0. The summed E-state index contributed by atoms with van der Waals surface area (Å²) in [6.45, 7) is 0. The minimum Gasteiger partial charge on any atom is 0 e. The molecule has 0 aromatic rings. The van der Waals surface area contributed by atoms with Gasteiger partial charge in [0.1, 0.15) is 0 Å². The Balaban J connectivity index is -0.00000000500. The Hall–Kier alpha value is 1.77. The van der Waals surface area contributed by atoms with Crippen LogP contribution >= 0.6 is 0 Å². The molecule has 0 aliphatic carbocycles. The van der Waals surface area contributed by atoms with Crippen molar-refractivity contribution in [2.75, 3.05) is 0 Å². The van der Waals surface area contributed by atoms with Crippen LogP contribution in [0.3, 0.4) is 0 Å². The van der Waals surface area contributed by atoms with Crippen LogP contribution in [0.1, 0.15) is 0 Å². The summed E-state index contributed by atoms with van der Waals surface area (Å²) in [6, 6.07) is 0. The molecule has 0 aromatic carbocycles. The minimum atomic E-state index is 0. The van der Waals surface area contributed by atoms with E-state index in [1.54, 1.807) is 0 Å². The van der Waals surface area contributed by atoms with Gasteiger partial charge >= 0.3 is 42.3 Å². The summed E-state index contributed by atoms with van der Waals surface area (Å²) in [5.74, 6) is 0. The molecule has 0 saturated carbocycles. The summed E-state index contributed by atoms with van der Waals surface area (Å²) < 4.78 is 7.88. The van der Waals surface area contributed by atoms with Crippen LogP contribution in [0.15, 0.2) is 0 Å². The maximum absolute atomic E-state index is 7.88. The van der Waals surface area contributed by atoms with Crippen molar-refractivity contribution in [2.24, 2.45) is 0 Å². The Bertz CT molecular complexity index is 8.00. The average Bonchev–Trinajstić information content (AvgIpc) is 1.00. The second-order valence-electron chi connectivity index (χ2n) is 0. The summed E-state index contributed by atoms with van der Waals surface area (Å²) in [6.07, 6.45) is 0. The largest absolute Gasteiger partial charge is 0 e. The van der Waals surface area contributed by atoms with Gasteiger partial charge < -0.3 is 0 Å². The van der Waals surface area contributed by atoms with E-state index in [1.807, 2.05) is 0 Å². The minimum absolute atomic E-state index is 0. The van der Waals surface area contributed by atoms with Gasteiger partial charge in [-0.15, -0.1) is 0 Å². The van der Waals surface area contributed by atoms with Crippen molar-refractivity contribution in [1.82, 2.24) is 0 Å². The van der Waals surface area contributed by atoms with E-state index in [2.05, 4.69) is 15.4 Å². The van der Waals surface area contributed by atoms with E-state index in [-0.39, 0.29) is 44.8 Å². The smallest absolute Gasteiger partial charge is 0 e. The Kier molecular flexibility index (Phi) is 92.4. The van der Waals surface area contributed by atoms with Crippen LogP contribution in [0.4, 0.5) is 0 Å². The standard InChI is InChI=1S/Mg.Ni.O.Ti.2H. The van der Waals surface area contributed by atoms with Crippen LogP contribution in [0.25, 0.3) is 0 Å². The molecule has 0 bridgehead atoms. The Morgan fingerprint density at radius 1 is 1.25 bits per heavy atom. The number of hydrogen-bond donors (Lipinski definition) is 0. The van der Waals surface area contributed by atoms with Gasteiger partial charge in [0.2, 0.25) is 0 Å². The maximum atomic E-state index is 7.88. The van der Waals surface area contributed by atoms with Gasteiger partial charge in [-0.2, -0.15) is 0 Å². The van der Waals surface area contributed by atoms with Gasteiger partial charge in [0, 0.05) is 21.7 Å². The average molecular weight is 149 g/mol. The molecule has 0 spiro atoms. The summed E-state index contributed by atoms with van der Waals surface area (Å²) >= 11 is 2.62. The molecule has 0 amide bonds. The Morgan fingerprint density at radius 2 is 1.25 bits per heavy atom. The molecule has 0 aliphatic heterocycles.